The Morgan fingerprint density at radius 1 is 1.26 bits per heavy atom. The molecule has 27 heavy (non-hydrogen) atoms. The Kier molecular flexibility index (Phi) is 8.20. The molecule has 150 valence electrons. The van der Waals surface area contributed by atoms with Gasteiger partial charge in [-0.15, -0.1) is 12.4 Å². The molecule has 0 aliphatic carbocycles. The van der Waals surface area contributed by atoms with E-state index in [1.807, 2.05) is 29.2 Å². The van der Waals surface area contributed by atoms with Crippen LogP contribution in [-0.2, 0) is 9.59 Å². The lowest BCUT2D eigenvalue weighted by Crippen LogP contribution is -2.52. The maximum absolute atomic E-state index is 12.4. The van der Waals surface area contributed by atoms with E-state index in [1.54, 1.807) is 0 Å². The number of carbonyl (C=O) groups excluding carboxylic acids is 2. The van der Waals surface area contributed by atoms with Crippen LogP contribution in [0.5, 0.6) is 0 Å². The summed E-state index contributed by atoms with van der Waals surface area (Å²) in [5.74, 6) is 0.00840. The molecule has 3 rings (SSSR count). The quantitative estimate of drug-likeness (QED) is 0.789. The maximum Gasteiger partial charge on any atom is 0.242 e. The molecule has 8 heteroatoms. The zero-order chi connectivity index (χ0) is 18.5. The fraction of sp³-hybridized carbons (Fsp3) is 0.579. The highest BCUT2D eigenvalue weighted by Gasteiger charge is 2.26. The van der Waals surface area contributed by atoms with Crippen LogP contribution in [0.4, 0.5) is 5.69 Å². The number of halogens is 2. The number of piperazine rings is 1. The van der Waals surface area contributed by atoms with E-state index in [2.05, 4.69) is 22.5 Å². The summed E-state index contributed by atoms with van der Waals surface area (Å²) in [7, 11) is 0. The van der Waals surface area contributed by atoms with Crippen molar-refractivity contribution in [2.75, 3.05) is 44.2 Å². The third-order valence-corrected chi connectivity index (χ3v) is 5.45. The molecule has 2 N–H and O–H groups in total. The van der Waals surface area contributed by atoms with Gasteiger partial charge in [-0.3, -0.25) is 9.59 Å². The Labute approximate surface area is 172 Å². The molecule has 0 aromatic heterocycles. The Balaban J connectivity index is 0.00000261. The van der Waals surface area contributed by atoms with Gasteiger partial charge < -0.3 is 20.4 Å². The third kappa shape index (κ3) is 5.99. The van der Waals surface area contributed by atoms with Crippen molar-refractivity contribution < 1.29 is 9.59 Å². The number of nitrogens with zero attached hydrogens (tertiary/aromatic N) is 2. The van der Waals surface area contributed by atoms with Crippen molar-refractivity contribution in [1.82, 2.24) is 15.5 Å². The van der Waals surface area contributed by atoms with Crippen LogP contribution in [0.1, 0.15) is 19.8 Å². The van der Waals surface area contributed by atoms with E-state index in [-0.39, 0.29) is 36.7 Å². The molecular formula is C19H28Cl2N4O2. The second-order valence-electron chi connectivity index (χ2n) is 7.14. The first-order valence-corrected chi connectivity index (χ1v) is 9.70. The van der Waals surface area contributed by atoms with Gasteiger partial charge in [0.2, 0.25) is 11.8 Å². The standard InChI is InChI=1S/C19H27ClN4O2.ClH/c1-14-11-15(5-6-21-14)19(26)22-13-18(25)24-9-7-23(8-10-24)17-4-2-3-16(20)12-17;/h2-4,12,14-15,21H,5-11,13H2,1H3,(H,22,26);1H/t14-,15-;/m0./s1. The van der Waals surface area contributed by atoms with Gasteiger partial charge in [0.05, 0.1) is 6.54 Å². The average molecular weight is 415 g/mol. The van der Waals surface area contributed by atoms with Crippen LogP contribution in [0.25, 0.3) is 0 Å². The summed E-state index contributed by atoms with van der Waals surface area (Å²) in [4.78, 5) is 28.7. The maximum atomic E-state index is 12.4. The van der Waals surface area contributed by atoms with Crippen LogP contribution in [0.2, 0.25) is 5.02 Å². The first kappa shape index (κ1) is 21.8. The van der Waals surface area contributed by atoms with Gasteiger partial charge in [0.25, 0.3) is 0 Å². The van der Waals surface area contributed by atoms with Crippen molar-refractivity contribution in [3.05, 3.63) is 29.3 Å². The number of anilines is 1. The van der Waals surface area contributed by atoms with Gasteiger partial charge in [-0.1, -0.05) is 17.7 Å². The van der Waals surface area contributed by atoms with Crippen LogP contribution in [0.3, 0.4) is 0 Å². The molecule has 2 aliphatic heterocycles. The van der Waals surface area contributed by atoms with Crippen molar-refractivity contribution in [1.29, 1.82) is 0 Å². The molecule has 2 atom stereocenters. The molecule has 2 saturated heterocycles. The minimum absolute atomic E-state index is 0. The average Bonchev–Trinajstić information content (AvgIpc) is 2.66. The van der Waals surface area contributed by atoms with E-state index in [4.69, 9.17) is 11.6 Å². The molecule has 0 bridgehead atoms. The molecule has 2 fully saturated rings. The highest BCUT2D eigenvalue weighted by Crippen LogP contribution is 2.21. The third-order valence-electron chi connectivity index (χ3n) is 5.21. The molecule has 1 aromatic rings. The largest absolute Gasteiger partial charge is 0.368 e. The number of carbonyl (C=O) groups is 2. The SMILES string of the molecule is C[C@H]1C[C@@H](C(=O)NCC(=O)N2CCN(c3cccc(Cl)c3)CC2)CCN1.Cl. The van der Waals surface area contributed by atoms with Gasteiger partial charge in [0.1, 0.15) is 0 Å². The molecule has 2 aliphatic rings. The second-order valence-corrected chi connectivity index (χ2v) is 7.58. The van der Waals surface area contributed by atoms with Gasteiger partial charge in [-0.2, -0.15) is 0 Å². The normalized spacial score (nSPS) is 22.7. The van der Waals surface area contributed by atoms with Crippen molar-refractivity contribution >= 4 is 41.5 Å². The lowest BCUT2D eigenvalue weighted by Gasteiger charge is -2.36. The molecular weight excluding hydrogens is 387 g/mol. The number of benzene rings is 1. The first-order valence-electron chi connectivity index (χ1n) is 9.32. The minimum Gasteiger partial charge on any atom is -0.368 e. The fourth-order valence-electron chi connectivity index (χ4n) is 3.68. The zero-order valence-corrected chi connectivity index (χ0v) is 17.2. The smallest absolute Gasteiger partial charge is 0.242 e. The summed E-state index contributed by atoms with van der Waals surface area (Å²) >= 11 is 6.05. The predicted octanol–water partition coefficient (Wildman–Crippen LogP) is 1.91. The van der Waals surface area contributed by atoms with Crippen molar-refractivity contribution in [3.63, 3.8) is 0 Å². The molecule has 0 saturated carbocycles. The number of hydrogen-bond acceptors (Lipinski definition) is 4. The number of nitrogens with one attached hydrogen (secondary N) is 2. The Bertz CT molecular complexity index is 650. The Morgan fingerprint density at radius 2 is 2.00 bits per heavy atom. The summed E-state index contributed by atoms with van der Waals surface area (Å²) in [5.41, 5.74) is 1.08. The first-order chi connectivity index (χ1) is 12.5. The van der Waals surface area contributed by atoms with E-state index in [1.165, 1.54) is 0 Å². The molecule has 2 amide bonds. The Morgan fingerprint density at radius 3 is 2.67 bits per heavy atom. The van der Waals surface area contributed by atoms with Crippen LogP contribution in [-0.4, -0.2) is 62.0 Å². The molecule has 0 spiro atoms. The highest BCUT2D eigenvalue weighted by atomic mass is 35.5. The van der Waals surface area contributed by atoms with Crippen molar-refractivity contribution in [2.24, 2.45) is 5.92 Å². The Hall–Kier alpha value is -1.50. The minimum atomic E-state index is -0.00826. The number of piperidine rings is 1. The molecule has 1 aromatic carbocycles. The van der Waals surface area contributed by atoms with Crippen LogP contribution < -0.4 is 15.5 Å². The van der Waals surface area contributed by atoms with Crippen LogP contribution >= 0.6 is 24.0 Å². The van der Waals surface area contributed by atoms with Gasteiger partial charge >= 0.3 is 0 Å². The van der Waals surface area contributed by atoms with Gasteiger partial charge in [0, 0.05) is 48.8 Å². The van der Waals surface area contributed by atoms with E-state index in [0.29, 0.717) is 19.1 Å². The highest BCUT2D eigenvalue weighted by molar-refractivity contribution is 6.30. The summed E-state index contributed by atoms with van der Waals surface area (Å²) in [6.45, 7) is 5.89. The number of hydrogen-bond donors (Lipinski definition) is 2. The van der Waals surface area contributed by atoms with E-state index >= 15 is 0 Å². The molecule has 0 radical (unpaired) electrons. The van der Waals surface area contributed by atoms with E-state index in [0.717, 1.165) is 43.2 Å². The van der Waals surface area contributed by atoms with E-state index in [9.17, 15) is 9.59 Å². The second kappa shape index (κ2) is 10.2. The monoisotopic (exact) mass is 414 g/mol. The fourth-order valence-corrected chi connectivity index (χ4v) is 3.86. The van der Waals surface area contributed by atoms with E-state index < -0.39 is 0 Å². The summed E-state index contributed by atoms with van der Waals surface area (Å²) < 4.78 is 0. The van der Waals surface area contributed by atoms with Gasteiger partial charge in [-0.05, 0) is 44.5 Å². The van der Waals surface area contributed by atoms with Crippen molar-refractivity contribution in [3.8, 4) is 0 Å². The zero-order valence-electron chi connectivity index (χ0n) is 15.6. The molecule has 0 unspecified atom stereocenters. The number of rotatable bonds is 4. The number of amides is 2. The summed E-state index contributed by atoms with van der Waals surface area (Å²) in [6, 6.07) is 8.13. The summed E-state index contributed by atoms with van der Waals surface area (Å²) in [6.07, 6.45) is 1.67. The molecule has 6 nitrogen and oxygen atoms in total. The van der Waals surface area contributed by atoms with Crippen molar-refractivity contribution in [2.45, 2.75) is 25.8 Å². The van der Waals surface area contributed by atoms with Crippen LogP contribution in [0, 0.1) is 5.92 Å². The van der Waals surface area contributed by atoms with Crippen LogP contribution in [0.15, 0.2) is 24.3 Å². The molecule has 2 heterocycles. The topological polar surface area (TPSA) is 64.7 Å². The van der Waals surface area contributed by atoms with Gasteiger partial charge in [-0.25, -0.2) is 0 Å². The predicted molar refractivity (Wildman–Crippen MR) is 111 cm³/mol. The summed E-state index contributed by atoms with van der Waals surface area (Å²) in [5, 5.41) is 6.89. The lowest BCUT2D eigenvalue weighted by molar-refractivity contribution is -0.134. The lowest BCUT2D eigenvalue weighted by atomic mass is 9.92. The van der Waals surface area contributed by atoms with Gasteiger partial charge in [0.15, 0.2) is 0 Å².